The van der Waals surface area contributed by atoms with Gasteiger partial charge in [0.05, 0.1) is 11.8 Å². The van der Waals surface area contributed by atoms with Gasteiger partial charge < -0.3 is 10.3 Å². The lowest BCUT2D eigenvalue weighted by molar-refractivity contribution is 0.311. The fourth-order valence-corrected chi connectivity index (χ4v) is 2.69. The summed E-state index contributed by atoms with van der Waals surface area (Å²) in [6.45, 7) is 6.30. The van der Waals surface area contributed by atoms with Crippen molar-refractivity contribution in [1.82, 2.24) is 10.1 Å². The summed E-state index contributed by atoms with van der Waals surface area (Å²) in [6.07, 6.45) is 0.997. The summed E-state index contributed by atoms with van der Waals surface area (Å²) >= 11 is 1.71. The van der Waals surface area contributed by atoms with Crippen LogP contribution in [0.25, 0.3) is 0 Å². The number of benzene rings is 1. The van der Waals surface area contributed by atoms with Crippen molar-refractivity contribution in [1.29, 1.82) is 0 Å². The van der Waals surface area contributed by atoms with Gasteiger partial charge in [0.15, 0.2) is 5.82 Å². The molecule has 4 nitrogen and oxygen atoms in total. The van der Waals surface area contributed by atoms with E-state index in [-0.39, 0.29) is 6.04 Å². The maximum Gasteiger partial charge on any atom is 0.243 e. The van der Waals surface area contributed by atoms with Crippen molar-refractivity contribution < 1.29 is 4.52 Å². The molecule has 0 amide bonds. The highest BCUT2D eigenvalue weighted by atomic mass is 32.2. The van der Waals surface area contributed by atoms with Crippen LogP contribution >= 0.6 is 11.8 Å². The van der Waals surface area contributed by atoms with Crippen molar-refractivity contribution in [2.75, 3.05) is 0 Å². The molecule has 0 fully saturated rings. The first kappa shape index (κ1) is 15.1. The molecule has 5 heteroatoms. The lowest BCUT2D eigenvalue weighted by atomic mass is 10.0. The minimum absolute atomic E-state index is 0.176. The largest absolute Gasteiger partial charge is 0.338 e. The van der Waals surface area contributed by atoms with E-state index in [1.54, 1.807) is 11.8 Å². The second kappa shape index (κ2) is 6.90. The average molecular weight is 291 g/mol. The second-order valence-corrected chi connectivity index (χ2v) is 6.03. The Labute approximate surface area is 124 Å². The zero-order valence-corrected chi connectivity index (χ0v) is 13.0. The number of hydrogen-bond acceptors (Lipinski definition) is 5. The third-order valence-corrected chi connectivity index (χ3v) is 4.65. The molecule has 1 heterocycles. The van der Waals surface area contributed by atoms with Crippen LogP contribution in [0.15, 0.2) is 33.7 Å². The van der Waals surface area contributed by atoms with E-state index in [9.17, 15) is 0 Å². The van der Waals surface area contributed by atoms with E-state index in [1.165, 1.54) is 10.5 Å². The summed E-state index contributed by atoms with van der Waals surface area (Å²) in [6, 6.07) is 8.10. The van der Waals surface area contributed by atoms with Crippen LogP contribution in [0.3, 0.4) is 0 Å². The lowest BCUT2D eigenvalue weighted by Gasteiger charge is -2.12. The molecule has 0 saturated carbocycles. The van der Waals surface area contributed by atoms with Gasteiger partial charge in [0.25, 0.3) is 0 Å². The van der Waals surface area contributed by atoms with Gasteiger partial charge in [-0.25, -0.2) is 0 Å². The molecule has 2 aromatic rings. The van der Waals surface area contributed by atoms with Gasteiger partial charge in [-0.2, -0.15) is 4.98 Å². The molecule has 0 bridgehead atoms. The van der Waals surface area contributed by atoms with E-state index in [0.717, 1.165) is 6.42 Å². The van der Waals surface area contributed by atoms with Gasteiger partial charge in [0.1, 0.15) is 0 Å². The van der Waals surface area contributed by atoms with Crippen molar-refractivity contribution in [2.24, 2.45) is 11.7 Å². The minimum Gasteiger partial charge on any atom is -0.338 e. The molecule has 0 saturated heterocycles. The van der Waals surface area contributed by atoms with Crippen LogP contribution in [0.1, 0.15) is 43.6 Å². The number of rotatable bonds is 6. The third kappa shape index (κ3) is 3.61. The van der Waals surface area contributed by atoms with Crippen molar-refractivity contribution in [3.8, 4) is 0 Å². The summed E-state index contributed by atoms with van der Waals surface area (Å²) in [7, 11) is 0. The molecular weight excluding hydrogens is 270 g/mol. The third-order valence-electron chi connectivity index (χ3n) is 3.48. The van der Waals surface area contributed by atoms with Crippen LogP contribution in [-0.2, 0) is 5.75 Å². The van der Waals surface area contributed by atoms with Crippen molar-refractivity contribution in [2.45, 2.75) is 43.9 Å². The van der Waals surface area contributed by atoms with E-state index in [0.29, 0.717) is 23.4 Å². The molecule has 1 aromatic carbocycles. The van der Waals surface area contributed by atoms with Gasteiger partial charge in [-0.1, -0.05) is 43.6 Å². The molecule has 0 unspecified atom stereocenters. The average Bonchev–Trinajstić information content (AvgIpc) is 2.93. The predicted molar refractivity (Wildman–Crippen MR) is 81.4 cm³/mol. The van der Waals surface area contributed by atoms with E-state index in [1.807, 2.05) is 12.1 Å². The quantitative estimate of drug-likeness (QED) is 0.822. The zero-order chi connectivity index (χ0) is 14.5. The maximum atomic E-state index is 6.09. The number of nitrogens with two attached hydrogens (primary N) is 1. The molecule has 0 spiro atoms. The van der Waals surface area contributed by atoms with Gasteiger partial charge in [-0.05, 0) is 24.5 Å². The number of aromatic nitrogens is 2. The first-order valence-electron chi connectivity index (χ1n) is 6.88. The van der Waals surface area contributed by atoms with Gasteiger partial charge in [-0.3, -0.25) is 0 Å². The standard InChI is InChI=1S/C15H21N3OS/c1-4-10(2)14(16)15-17-13(18-19-15)9-20-12-8-6-5-7-11(12)3/h5-8,10,14H,4,9,16H2,1-3H3/t10-,14-/m0/s1. The van der Waals surface area contributed by atoms with Gasteiger partial charge >= 0.3 is 0 Å². The van der Waals surface area contributed by atoms with Crippen molar-refractivity contribution >= 4 is 11.8 Å². The first-order valence-corrected chi connectivity index (χ1v) is 7.86. The molecule has 1 aromatic heterocycles. The van der Waals surface area contributed by atoms with Crippen LogP contribution in [0, 0.1) is 12.8 Å². The molecule has 0 aliphatic rings. The predicted octanol–water partition coefficient (Wildman–Crippen LogP) is 3.72. The minimum atomic E-state index is -0.176. The summed E-state index contributed by atoms with van der Waals surface area (Å²) < 4.78 is 5.27. The van der Waals surface area contributed by atoms with Crippen LogP contribution < -0.4 is 5.73 Å². The Bertz CT molecular complexity index is 556. The number of nitrogens with zero attached hydrogens (tertiary/aromatic N) is 2. The number of aryl methyl sites for hydroxylation is 1. The van der Waals surface area contributed by atoms with Gasteiger partial charge in [0.2, 0.25) is 5.89 Å². The molecule has 108 valence electrons. The van der Waals surface area contributed by atoms with Crippen LogP contribution in [0.5, 0.6) is 0 Å². The fraction of sp³-hybridized carbons (Fsp3) is 0.467. The summed E-state index contributed by atoms with van der Waals surface area (Å²) in [5, 5.41) is 4.01. The van der Waals surface area contributed by atoms with Gasteiger partial charge in [0, 0.05) is 4.90 Å². The molecule has 0 aliphatic carbocycles. The number of hydrogen-bond donors (Lipinski definition) is 1. The van der Waals surface area contributed by atoms with E-state index in [2.05, 4.69) is 43.0 Å². The molecule has 0 radical (unpaired) electrons. The first-order chi connectivity index (χ1) is 9.61. The van der Waals surface area contributed by atoms with Gasteiger partial charge in [-0.15, -0.1) is 11.8 Å². The molecule has 2 atom stereocenters. The normalized spacial score (nSPS) is 14.2. The van der Waals surface area contributed by atoms with E-state index in [4.69, 9.17) is 10.3 Å². The monoisotopic (exact) mass is 291 g/mol. The summed E-state index contributed by atoms with van der Waals surface area (Å²) in [5.41, 5.74) is 7.35. The Hall–Kier alpha value is -1.33. The lowest BCUT2D eigenvalue weighted by Crippen LogP contribution is -2.18. The Morgan fingerprint density at radius 2 is 2.10 bits per heavy atom. The molecule has 0 aliphatic heterocycles. The number of thioether (sulfide) groups is 1. The van der Waals surface area contributed by atoms with Crippen molar-refractivity contribution in [3.63, 3.8) is 0 Å². The highest BCUT2D eigenvalue weighted by Gasteiger charge is 2.19. The Morgan fingerprint density at radius 1 is 1.35 bits per heavy atom. The Balaban J connectivity index is 1.98. The van der Waals surface area contributed by atoms with E-state index < -0.39 is 0 Å². The van der Waals surface area contributed by atoms with Crippen LogP contribution in [-0.4, -0.2) is 10.1 Å². The highest BCUT2D eigenvalue weighted by molar-refractivity contribution is 7.98. The Kier molecular flexibility index (Phi) is 5.20. The van der Waals surface area contributed by atoms with E-state index >= 15 is 0 Å². The second-order valence-electron chi connectivity index (χ2n) is 5.01. The molecule has 2 rings (SSSR count). The van der Waals surface area contributed by atoms with Crippen LogP contribution in [0.4, 0.5) is 0 Å². The van der Waals surface area contributed by atoms with Crippen molar-refractivity contribution in [3.05, 3.63) is 41.5 Å². The zero-order valence-electron chi connectivity index (χ0n) is 12.2. The molecular formula is C15H21N3OS. The smallest absolute Gasteiger partial charge is 0.243 e. The maximum absolute atomic E-state index is 6.09. The summed E-state index contributed by atoms with van der Waals surface area (Å²) in [4.78, 5) is 5.64. The molecule has 2 N–H and O–H groups in total. The fourth-order valence-electron chi connectivity index (χ4n) is 1.82. The topological polar surface area (TPSA) is 64.9 Å². The Morgan fingerprint density at radius 3 is 2.80 bits per heavy atom. The highest BCUT2D eigenvalue weighted by Crippen LogP contribution is 2.26. The van der Waals surface area contributed by atoms with Crippen LogP contribution in [0.2, 0.25) is 0 Å². The SMILES string of the molecule is CC[C@H](C)[C@H](N)c1nc(CSc2ccccc2C)no1. The molecule has 20 heavy (non-hydrogen) atoms. The summed E-state index contributed by atoms with van der Waals surface area (Å²) in [5.74, 6) is 2.28.